The van der Waals surface area contributed by atoms with Gasteiger partial charge in [0.1, 0.15) is 0 Å². The quantitative estimate of drug-likeness (QED) is 0.662. The van der Waals surface area contributed by atoms with E-state index in [1.807, 2.05) is 12.1 Å². The van der Waals surface area contributed by atoms with E-state index in [-0.39, 0.29) is 11.9 Å². The van der Waals surface area contributed by atoms with Crippen molar-refractivity contribution in [3.8, 4) is 0 Å². The number of rotatable bonds is 1. The van der Waals surface area contributed by atoms with Crippen LogP contribution in [0.25, 0.3) is 0 Å². The standard InChI is InChI=1S/C10H12N2O/c11-9-4-3-6-1-2-7(10(12)13)5-8(6)9/h1-2,5,9H,3-4,11H2,(H2,12,13). The average molecular weight is 176 g/mol. The molecule has 0 bridgehead atoms. The molecule has 0 saturated carbocycles. The van der Waals surface area contributed by atoms with E-state index >= 15 is 0 Å². The molecule has 1 unspecified atom stereocenters. The summed E-state index contributed by atoms with van der Waals surface area (Å²) in [6.07, 6.45) is 1.98. The Balaban J connectivity index is 2.47. The molecule has 0 heterocycles. The molecule has 2 rings (SSSR count). The molecule has 0 aromatic heterocycles. The molecule has 4 N–H and O–H groups in total. The SMILES string of the molecule is NC(=O)c1ccc2c(c1)C(N)CC2. The summed E-state index contributed by atoms with van der Waals surface area (Å²) in [5.74, 6) is -0.387. The van der Waals surface area contributed by atoms with E-state index in [9.17, 15) is 4.79 Å². The van der Waals surface area contributed by atoms with E-state index in [4.69, 9.17) is 11.5 Å². The Morgan fingerprint density at radius 1 is 1.46 bits per heavy atom. The van der Waals surface area contributed by atoms with Gasteiger partial charge in [0.2, 0.25) is 5.91 Å². The first-order valence-corrected chi connectivity index (χ1v) is 4.36. The fourth-order valence-electron chi connectivity index (χ4n) is 1.79. The monoisotopic (exact) mass is 176 g/mol. The lowest BCUT2D eigenvalue weighted by molar-refractivity contribution is 0.1000. The zero-order valence-electron chi connectivity index (χ0n) is 7.29. The van der Waals surface area contributed by atoms with Crippen LogP contribution < -0.4 is 11.5 Å². The maximum atomic E-state index is 10.9. The van der Waals surface area contributed by atoms with E-state index < -0.39 is 0 Å². The van der Waals surface area contributed by atoms with Crippen molar-refractivity contribution >= 4 is 5.91 Å². The highest BCUT2D eigenvalue weighted by Gasteiger charge is 2.19. The first kappa shape index (κ1) is 8.26. The van der Waals surface area contributed by atoms with E-state index in [0.717, 1.165) is 18.4 Å². The fourth-order valence-corrected chi connectivity index (χ4v) is 1.79. The number of benzene rings is 1. The van der Waals surface area contributed by atoms with Crippen molar-refractivity contribution in [1.82, 2.24) is 0 Å². The van der Waals surface area contributed by atoms with Crippen molar-refractivity contribution in [2.45, 2.75) is 18.9 Å². The molecule has 3 heteroatoms. The van der Waals surface area contributed by atoms with Gasteiger partial charge in [-0.15, -0.1) is 0 Å². The summed E-state index contributed by atoms with van der Waals surface area (Å²) in [4.78, 5) is 10.9. The summed E-state index contributed by atoms with van der Waals surface area (Å²) in [6.45, 7) is 0. The number of amides is 1. The predicted molar refractivity (Wildman–Crippen MR) is 50.2 cm³/mol. The maximum Gasteiger partial charge on any atom is 0.248 e. The van der Waals surface area contributed by atoms with E-state index in [0.29, 0.717) is 5.56 Å². The van der Waals surface area contributed by atoms with Crippen LogP contribution in [-0.2, 0) is 6.42 Å². The number of carbonyl (C=O) groups excluding carboxylic acids is 1. The first-order valence-electron chi connectivity index (χ1n) is 4.36. The van der Waals surface area contributed by atoms with Gasteiger partial charge in [-0.3, -0.25) is 4.79 Å². The second kappa shape index (κ2) is 2.85. The normalized spacial score (nSPS) is 19.9. The van der Waals surface area contributed by atoms with Gasteiger partial charge >= 0.3 is 0 Å². The first-order chi connectivity index (χ1) is 6.18. The summed E-state index contributed by atoms with van der Waals surface area (Å²) < 4.78 is 0. The molecule has 1 atom stereocenters. The molecule has 0 spiro atoms. The van der Waals surface area contributed by atoms with Crippen molar-refractivity contribution in [1.29, 1.82) is 0 Å². The Hall–Kier alpha value is -1.35. The zero-order chi connectivity index (χ0) is 9.42. The molecule has 1 aromatic rings. The van der Waals surface area contributed by atoms with Crippen LogP contribution in [0, 0.1) is 0 Å². The average Bonchev–Trinajstić information content (AvgIpc) is 2.47. The summed E-state index contributed by atoms with van der Waals surface area (Å²) in [5.41, 5.74) is 13.9. The minimum Gasteiger partial charge on any atom is -0.366 e. The predicted octanol–water partition coefficient (Wildman–Crippen LogP) is 0.732. The van der Waals surface area contributed by atoms with Gasteiger partial charge in [0.15, 0.2) is 0 Å². The van der Waals surface area contributed by atoms with Crippen LogP contribution in [-0.4, -0.2) is 5.91 Å². The number of carbonyl (C=O) groups is 1. The fraction of sp³-hybridized carbons (Fsp3) is 0.300. The minimum absolute atomic E-state index is 0.0781. The lowest BCUT2D eigenvalue weighted by atomic mass is 10.0. The highest BCUT2D eigenvalue weighted by atomic mass is 16.1. The molecule has 68 valence electrons. The van der Waals surface area contributed by atoms with Crippen LogP contribution in [0.5, 0.6) is 0 Å². The van der Waals surface area contributed by atoms with Gasteiger partial charge in [-0.25, -0.2) is 0 Å². The second-order valence-electron chi connectivity index (χ2n) is 3.42. The Bertz CT molecular complexity index is 360. The molecule has 0 saturated heterocycles. The molecule has 1 aliphatic rings. The van der Waals surface area contributed by atoms with Crippen LogP contribution in [0.15, 0.2) is 18.2 Å². The Morgan fingerprint density at radius 3 is 2.92 bits per heavy atom. The lowest BCUT2D eigenvalue weighted by Crippen LogP contribution is -2.12. The van der Waals surface area contributed by atoms with Gasteiger partial charge in [0, 0.05) is 11.6 Å². The van der Waals surface area contributed by atoms with Crippen LogP contribution in [0.1, 0.15) is 33.9 Å². The molecule has 13 heavy (non-hydrogen) atoms. The summed E-state index contributed by atoms with van der Waals surface area (Å²) in [7, 11) is 0. The van der Waals surface area contributed by atoms with Crippen molar-refractivity contribution < 1.29 is 4.79 Å². The molecule has 0 fully saturated rings. The largest absolute Gasteiger partial charge is 0.366 e. The van der Waals surface area contributed by atoms with Gasteiger partial charge < -0.3 is 11.5 Å². The molecular weight excluding hydrogens is 164 g/mol. The van der Waals surface area contributed by atoms with Gasteiger partial charge in [-0.1, -0.05) is 6.07 Å². The summed E-state index contributed by atoms with van der Waals surface area (Å²) in [6, 6.07) is 5.60. The van der Waals surface area contributed by atoms with Gasteiger partial charge in [0.25, 0.3) is 0 Å². The van der Waals surface area contributed by atoms with Crippen molar-refractivity contribution in [2.24, 2.45) is 11.5 Å². The highest BCUT2D eigenvalue weighted by Crippen LogP contribution is 2.29. The van der Waals surface area contributed by atoms with Crippen LogP contribution in [0.2, 0.25) is 0 Å². The molecular formula is C10H12N2O. The highest BCUT2D eigenvalue weighted by molar-refractivity contribution is 5.93. The number of hydrogen-bond donors (Lipinski definition) is 2. The zero-order valence-corrected chi connectivity index (χ0v) is 7.29. The molecule has 0 aliphatic heterocycles. The van der Waals surface area contributed by atoms with Crippen molar-refractivity contribution in [3.05, 3.63) is 34.9 Å². The number of primary amides is 1. The Kier molecular flexibility index (Phi) is 1.81. The van der Waals surface area contributed by atoms with Crippen molar-refractivity contribution in [2.75, 3.05) is 0 Å². The van der Waals surface area contributed by atoms with E-state index in [2.05, 4.69) is 0 Å². The Morgan fingerprint density at radius 2 is 2.23 bits per heavy atom. The van der Waals surface area contributed by atoms with E-state index in [1.165, 1.54) is 5.56 Å². The third kappa shape index (κ3) is 1.31. The maximum absolute atomic E-state index is 10.9. The summed E-state index contributed by atoms with van der Waals surface area (Å²) in [5, 5.41) is 0. The van der Waals surface area contributed by atoms with Gasteiger partial charge in [-0.05, 0) is 36.1 Å². The number of hydrogen-bond acceptors (Lipinski definition) is 2. The minimum atomic E-state index is -0.387. The lowest BCUT2D eigenvalue weighted by Gasteiger charge is -2.05. The molecule has 1 aliphatic carbocycles. The molecule has 1 amide bonds. The second-order valence-corrected chi connectivity index (χ2v) is 3.42. The molecule has 3 nitrogen and oxygen atoms in total. The van der Waals surface area contributed by atoms with Crippen LogP contribution >= 0.6 is 0 Å². The van der Waals surface area contributed by atoms with Gasteiger partial charge in [0.05, 0.1) is 0 Å². The van der Waals surface area contributed by atoms with Crippen LogP contribution in [0.3, 0.4) is 0 Å². The third-order valence-corrected chi connectivity index (χ3v) is 2.55. The van der Waals surface area contributed by atoms with Crippen LogP contribution in [0.4, 0.5) is 0 Å². The van der Waals surface area contributed by atoms with Crippen molar-refractivity contribution in [3.63, 3.8) is 0 Å². The number of nitrogens with two attached hydrogens (primary N) is 2. The topological polar surface area (TPSA) is 69.1 Å². The Labute approximate surface area is 76.7 Å². The summed E-state index contributed by atoms with van der Waals surface area (Å²) >= 11 is 0. The molecule has 1 aromatic carbocycles. The van der Waals surface area contributed by atoms with Gasteiger partial charge in [-0.2, -0.15) is 0 Å². The smallest absolute Gasteiger partial charge is 0.248 e. The number of fused-ring (bicyclic) bond motifs is 1. The third-order valence-electron chi connectivity index (χ3n) is 2.55. The molecule has 0 radical (unpaired) electrons. The van der Waals surface area contributed by atoms with E-state index in [1.54, 1.807) is 6.07 Å². The number of aryl methyl sites for hydroxylation is 1.